The zero-order valence-corrected chi connectivity index (χ0v) is 9.40. The van der Waals surface area contributed by atoms with Gasteiger partial charge in [0.05, 0.1) is 18.6 Å². The molecule has 1 aromatic carbocycles. The number of aromatic nitrogens is 2. The number of aryl methyl sites for hydroxylation is 1. The van der Waals surface area contributed by atoms with E-state index in [9.17, 15) is 0 Å². The van der Waals surface area contributed by atoms with Crippen LogP contribution in [0.25, 0.3) is 0 Å². The number of imidazole rings is 1. The van der Waals surface area contributed by atoms with Crippen LogP contribution in [0.5, 0.6) is 0 Å². The third-order valence-corrected chi connectivity index (χ3v) is 3.14. The van der Waals surface area contributed by atoms with Crippen LogP contribution in [0.4, 0.5) is 5.69 Å². The highest BCUT2D eigenvalue weighted by molar-refractivity contribution is 5.59. The van der Waals surface area contributed by atoms with Crippen LogP contribution < -0.4 is 4.90 Å². The fraction of sp³-hybridized carbons (Fsp3) is 0.308. The number of nitrogens with one attached hydrogen (secondary N) is 1. The van der Waals surface area contributed by atoms with Gasteiger partial charge in [-0.15, -0.1) is 0 Å². The van der Waals surface area contributed by atoms with Crippen molar-refractivity contribution in [2.24, 2.45) is 0 Å². The summed E-state index contributed by atoms with van der Waals surface area (Å²) in [6, 6.07) is 6.71. The topological polar surface area (TPSA) is 31.9 Å². The molecule has 3 nitrogen and oxygen atoms in total. The lowest BCUT2D eigenvalue weighted by molar-refractivity contribution is 0.819. The molecule has 0 amide bonds. The average Bonchev–Trinajstić information content (AvgIpc) is 2.89. The van der Waals surface area contributed by atoms with Gasteiger partial charge in [-0.1, -0.05) is 17.7 Å². The zero-order valence-electron chi connectivity index (χ0n) is 9.40. The second-order valence-electron chi connectivity index (χ2n) is 4.38. The van der Waals surface area contributed by atoms with E-state index in [1.54, 1.807) is 6.33 Å². The predicted molar refractivity (Wildman–Crippen MR) is 64.5 cm³/mol. The highest BCUT2D eigenvalue weighted by Crippen LogP contribution is 2.29. The molecule has 0 radical (unpaired) electrons. The number of benzene rings is 1. The van der Waals surface area contributed by atoms with Gasteiger partial charge in [-0.3, -0.25) is 0 Å². The molecule has 0 saturated carbocycles. The summed E-state index contributed by atoms with van der Waals surface area (Å²) in [5.41, 5.74) is 5.37. The van der Waals surface area contributed by atoms with Crippen molar-refractivity contribution >= 4 is 5.69 Å². The number of nitrogens with zero attached hydrogens (tertiary/aromatic N) is 2. The Balaban J connectivity index is 1.86. The van der Waals surface area contributed by atoms with Gasteiger partial charge in [0, 0.05) is 18.4 Å². The molecule has 16 heavy (non-hydrogen) atoms. The van der Waals surface area contributed by atoms with E-state index in [2.05, 4.69) is 40.0 Å². The molecule has 0 fully saturated rings. The molecule has 3 heteroatoms. The number of rotatable bonds is 2. The summed E-state index contributed by atoms with van der Waals surface area (Å²) in [5.74, 6) is 0. The molecule has 2 heterocycles. The van der Waals surface area contributed by atoms with Crippen molar-refractivity contribution in [3.05, 3.63) is 47.5 Å². The SMILES string of the molecule is Cc1ccc2c(c1)CCN2Cc1cnc[nH]1. The Labute approximate surface area is 95.1 Å². The van der Waals surface area contributed by atoms with Crippen molar-refractivity contribution in [1.29, 1.82) is 0 Å². The van der Waals surface area contributed by atoms with Crippen LogP contribution in [-0.4, -0.2) is 16.5 Å². The number of fused-ring (bicyclic) bond motifs is 1. The molecule has 0 bridgehead atoms. The molecule has 0 saturated heterocycles. The lowest BCUT2D eigenvalue weighted by atomic mass is 10.1. The molecular weight excluding hydrogens is 198 g/mol. The van der Waals surface area contributed by atoms with Crippen LogP contribution in [0.1, 0.15) is 16.8 Å². The quantitative estimate of drug-likeness (QED) is 0.830. The van der Waals surface area contributed by atoms with E-state index in [1.165, 1.54) is 22.5 Å². The molecule has 0 atom stereocenters. The van der Waals surface area contributed by atoms with Gasteiger partial charge < -0.3 is 9.88 Å². The zero-order chi connectivity index (χ0) is 11.0. The van der Waals surface area contributed by atoms with Crippen LogP contribution >= 0.6 is 0 Å². The van der Waals surface area contributed by atoms with Gasteiger partial charge in [-0.05, 0) is 25.0 Å². The van der Waals surface area contributed by atoms with Crippen LogP contribution in [0, 0.1) is 6.92 Å². The second-order valence-corrected chi connectivity index (χ2v) is 4.38. The van der Waals surface area contributed by atoms with E-state index in [-0.39, 0.29) is 0 Å². The maximum absolute atomic E-state index is 4.05. The lowest BCUT2D eigenvalue weighted by Gasteiger charge is -2.18. The molecule has 1 N–H and O–H groups in total. The third kappa shape index (κ3) is 1.58. The summed E-state index contributed by atoms with van der Waals surface area (Å²) in [6.45, 7) is 4.19. The second kappa shape index (κ2) is 3.67. The number of aromatic amines is 1. The summed E-state index contributed by atoms with van der Waals surface area (Å²) in [7, 11) is 0. The summed E-state index contributed by atoms with van der Waals surface area (Å²) in [4.78, 5) is 9.61. The van der Waals surface area contributed by atoms with Crippen LogP contribution in [-0.2, 0) is 13.0 Å². The van der Waals surface area contributed by atoms with Crippen LogP contribution in [0.3, 0.4) is 0 Å². The first-order chi connectivity index (χ1) is 7.83. The number of anilines is 1. The Hall–Kier alpha value is -1.77. The van der Waals surface area contributed by atoms with Crippen molar-refractivity contribution in [3.8, 4) is 0 Å². The van der Waals surface area contributed by atoms with Crippen molar-refractivity contribution in [2.45, 2.75) is 19.9 Å². The van der Waals surface area contributed by atoms with Gasteiger partial charge in [0.2, 0.25) is 0 Å². The first-order valence-electron chi connectivity index (χ1n) is 5.64. The Bertz CT molecular complexity index is 488. The van der Waals surface area contributed by atoms with Crippen molar-refractivity contribution in [3.63, 3.8) is 0 Å². The van der Waals surface area contributed by atoms with Gasteiger partial charge in [0.25, 0.3) is 0 Å². The van der Waals surface area contributed by atoms with Gasteiger partial charge in [0.15, 0.2) is 0 Å². The van der Waals surface area contributed by atoms with Crippen molar-refractivity contribution in [2.75, 3.05) is 11.4 Å². The monoisotopic (exact) mass is 213 g/mol. The molecule has 0 unspecified atom stereocenters. The van der Waals surface area contributed by atoms with Crippen LogP contribution in [0.2, 0.25) is 0 Å². The predicted octanol–water partition coefficient (Wildman–Crippen LogP) is 2.28. The highest BCUT2D eigenvalue weighted by atomic mass is 15.2. The first kappa shape index (κ1) is 9.46. The summed E-state index contributed by atoms with van der Waals surface area (Å²) in [5, 5.41) is 0. The highest BCUT2D eigenvalue weighted by Gasteiger charge is 2.18. The minimum Gasteiger partial charge on any atom is -0.365 e. The fourth-order valence-corrected chi connectivity index (χ4v) is 2.34. The number of H-pyrrole nitrogens is 1. The maximum atomic E-state index is 4.05. The molecular formula is C13H15N3. The summed E-state index contributed by atoms with van der Waals surface area (Å²) in [6.07, 6.45) is 4.79. The molecule has 0 aliphatic carbocycles. The minimum atomic E-state index is 0.927. The van der Waals surface area contributed by atoms with E-state index < -0.39 is 0 Å². The van der Waals surface area contributed by atoms with Crippen molar-refractivity contribution in [1.82, 2.24) is 9.97 Å². The largest absolute Gasteiger partial charge is 0.365 e. The fourth-order valence-electron chi connectivity index (χ4n) is 2.34. The molecule has 2 aromatic rings. The van der Waals surface area contributed by atoms with E-state index in [0.717, 1.165) is 19.5 Å². The van der Waals surface area contributed by atoms with Gasteiger partial charge >= 0.3 is 0 Å². The Morgan fingerprint density at radius 3 is 3.19 bits per heavy atom. The Morgan fingerprint density at radius 1 is 1.44 bits per heavy atom. The Kier molecular flexibility index (Phi) is 2.17. The van der Waals surface area contributed by atoms with Gasteiger partial charge in [0.1, 0.15) is 0 Å². The first-order valence-corrected chi connectivity index (χ1v) is 5.64. The standard InChI is InChI=1S/C13H15N3/c1-10-2-3-13-11(6-10)4-5-16(13)8-12-7-14-9-15-12/h2-3,6-7,9H,4-5,8H2,1H3,(H,14,15). The molecule has 1 aliphatic rings. The van der Waals surface area contributed by atoms with E-state index in [4.69, 9.17) is 0 Å². The molecule has 1 aliphatic heterocycles. The van der Waals surface area contributed by atoms with Gasteiger partial charge in [-0.2, -0.15) is 0 Å². The molecule has 3 rings (SSSR count). The number of hydrogen-bond acceptors (Lipinski definition) is 2. The summed E-state index contributed by atoms with van der Waals surface area (Å²) >= 11 is 0. The Morgan fingerprint density at radius 2 is 2.38 bits per heavy atom. The van der Waals surface area contributed by atoms with Crippen molar-refractivity contribution < 1.29 is 0 Å². The lowest BCUT2D eigenvalue weighted by Crippen LogP contribution is -2.19. The molecule has 82 valence electrons. The maximum Gasteiger partial charge on any atom is 0.0922 e. The normalized spacial score (nSPS) is 14.2. The van der Waals surface area contributed by atoms with Gasteiger partial charge in [-0.25, -0.2) is 4.98 Å². The van der Waals surface area contributed by atoms with E-state index >= 15 is 0 Å². The average molecular weight is 213 g/mol. The van der Waals surface area contributed by atoms with E-state index in [1.807, 2.05) is 6.20 Å². The minimum absolute atomic E-state index is 0.927. The third-order valence-electron chi connectivity index (χ3n) is 3.14. The van der Waals surface area contributed by atoms with Crippen LogP contribution in [0.15, 0.2) is 30.7 Å². The summed E-state index contributed by atoms with van der Waals surface area (Å²) < 4.78 is 0. The molecule has 0 spiro atoms. The number of hydrogen-bond donors (Lipinski definition) is 1. The molecule has 1 aromatic heterocycles. The smallest absolute Gasteiger partial charge is 0.0922 e. The van der Waals surface area contributed by atoms with E-state index in [0.29, 0.717) is 0 Å².